The lowest BCUT2D eigenvalue weighted by atomic mass is 10.1. The number of aryl methyl sites for hydroxylation is 1. The summed E-state index contributed by atoms with van der Waals surface area (Å²) >= 11 is 4.89. The number of nitrogens with zero attached hydrogens (tertiary/aromatic N) is 1. The Bertz CT molecular complexity index is 823. The highest BCUT2D eigenvalue weighted by atomic mass is 32.2. The Morgan fingerprint density at radius 2 is 1.83 bits per heavy atom. The van der Waals surface area contributed by atoms with Gasteiger partial charge in [0, 0.05) is 19.5 Å². The van der Waals surface area contributed by atoms with Gasteiger partial charge in [-0.2, -0.15) is 4.31 Å². The van der Waals surface area contributed by atoms with Gasteiger partial charge in [-0.25, -0.2) is 18.6 Å². The van der Waals surface area contributed by atoms with Crippen molar-refractivity contribution in [3.05, 3.63) is 29.8 Å². The molecule has 0 bridgehead atoms. The number of amides is 2. The Labute approximate surface area is 174 Å². The number of hydrogen-bond donors (Lipinski definition) is 3. The number of carbonyl (C=O) groups is 2. The molecule has 0 atom stereocenters. The molecule has 0 aliphatic carbocycles. The van der Waals surface area contributed by atoms with Crippen LogP contribution in [0.3, 0.4) is 0 Å². The summed E-state index contributed by atoms with van der Waals surface area (Å²) in [5.41, 5.74) is 5.33. The molecule has 0 unspecified atom stereocenters. The largest absolute Gasteiger partial charge is 0.449 e. The smallest absolute Gasteiger partial charge is 0.425 e. The second-order valence-corrected chi connectivity index (χ2v) is 8.35. The molecular formula is C17H24N4O6S2. The summed E-state index contributed by atoms with van der Waals surface area (Å²) in [6.07, 6.45) is -0.176. The van der Waals surface area contributed by atoms with E-state index in [-0.39, 0.29) is 28.9 Å². The number of morpholine rings is 1. The van der Waals surface area contributed by atoms with E-state index in [2.05, 4.69) is 20.9 Å². The van der Waals surface area contributed by atoms with Gasteiger partial charge in [-0.05, 0) is 43.3 Å². The van der Waals surface area contributed by atoms with E-state index >= 15 is 0 Å². The van der Waals surface area contributed by atoms with Gasteiger partial charge in [0.15, 0.2) is 5.11 Å². The van der Waals surface area contributed by atoms with Crippen molar-refractivity contribution in [1.29, 1.82) is 0 Å². The lowest BCUT2D eigenvalue weighted by molar-refractivity contribution is -0.119. The Kier molecular flexibility index (Phi) is 8.76. The van der Waals surface area contributed by atoms with E-state index in [0.29, 0.717) is 32.7 Å². The van der Waals surface area contributed by atoms with Crippen LogP contribution in [0.15, 0.2) is 29.2 Å². The molecule has 29 heavy (non-hydrogen) atoms. The van der Waals surface area contributed by atoms with Gasteiger partial charge >= 0.3 is 6.09 Å². The minimum atomic E-state index is -3.54. The third-order valence-corrected chi connectivity index (χ3v) is 6.10. The maximum Gasteiger partial charge on any atom is 0.425 e. The summed E-state index contributed by atoms with van der Waals surface area (Å²) in [7, 11) is -3.54. The molecule has 12 heteroatoms. The number of hydrazine groups is 1. The first-order chi connectivity index (χ1) is 13.8. The number of benzene rings is 1. The average molecular weight is 445 g/mol. The highest BCUT2D eigenvalue weighted by molar-refractivity contribution is 7.89. The standard InChI is InChI=1S/C17H24N4O6S2/c1-2-27-17(23)20-19-16(28)18-15(22)8-5-13-3-6-14(7-4-13)29(24,25)21-9-11-26-12-10-21/h3-4,6-7H,2,5,8-12H2,1H3,(H,20,23)(H2,18,19,22,28). The zero-order valence-electron chi connectivity index (χ0n) is 16.0. The number of thiocarbonyl (C=S) groups is 1. The Hall–Kier alpha value is -2.28. The molecule has 2 rings (SSSR count). The van der Waals surface area contributed by atoms with Gasteiger partial charge in [-0.3, -0.25) is 10.2 Å². The molecule has 10 nitrogen and oxygen atoms in total. The van der Waals surface area contributed by atoms with Gasteiger partial charge in [-0.1, -0.05) is 12.1 Å². The molecule has 160 valence electrons. The van der Waals surface area contributed by atoms with Crippen molar-refractivity contribution in [2.75, 3.05) is 32.9 Å². The van der Waals surface area contributed by atoms with Crippen molar-refractivity contribution in [3.63, 3.8) is 0 Å². The van der Waals surface area contributed by atoms with Crippen LogP contribution >= 0.6 is 12.2 Å². The summed E-state index contributed by atoms with van der Waals surface area (Å²) in [6, 6.07) is 6.43. The Morgan fingerprint density at radius 3 is 2.45 bits per heavy atom. The van der Waals surface area contributed by atoms with Gasteiger partial charge < -0.3 is 14.8 Å². The van der Waals surface area contributed by atoms with E-state index in [9.17, 15) is 18.0 Å². The van der Waals surface area contributed by atoms with Crippen LogP contribution < -0.4 is 16.2 Å². The van der Waals surface area contributed by atoms with Crippen LogP contribution in [-0.2, 0) is 30.7 Å². The fraction of sp³-hybridized carbons (Fsp3) is 0.471. The van der Waals surface area contributed by atoms with Crippen molar-refractivity contribution >= 4 is 39.4 Å². The fourth-order valence-electron chi connectivity index (χ4n) is 2.52. The Balaban J connectivity index is 1.80. The number of sulfonamides is 1. The zero-order chi connectivity index (χ0) is 21.3. The van der Waals surface area contributed by atoms with E-state index in [1.54, 1.807) is 19.1 Å². The summed E-state index contributed by atoms with van der Waals surface area (Å²) in [4.78, 5) is 23.3. The van der Waals surface area contributed by atoms with Crippen LogP contribution in [0.1, 0.15) is 18.9 Å². The second kappa shape index (κ2) is 11.0. The predicted octanol–water partition coefficient (Wildman–Crippen LogP) is 0.292. The average Bonchev–Trinajstić information content (AvgIpc) is 2.72. The van der Waals surface area contributed by atoms with Crippen molar-refractivity contribution in [3.8, 4) is 0 Å². The highest BCUT2D eigenvalue weighted by Gasteiger charge is 2.26. The number of ether oxygens (including phenoxy) is 2. The fourth-order valence-corrected chi connectivity index (χ4v) is 4.09. The van der Waals surface area contributed by atoms with Gasteiger partial charge in [-0.15, -0.1) is 0 Å². The molecule has 1 fully saturated rings. The third-order valence-electron chi connectivity index (χ3n) is 3.98. The minimum absolute atomic E-state index is 0.0602. The molecule has 1 aromatic carbocycles. The van der Waals surface area contributed by atoms with Crippen LogP contribution in [-0.4, -0.2) is 62.7 Å². The minimum Gasteiger partial charge on any atom is -0.449 e. The first-order valence-electron chi connectivity index (χ1n) is 9.02. The van der Waals surface area contributed by atoms with Gasteiger partial charge in [0.1, 0.15) is 0 Å². The normalized spacial score (nSPS) is 14.7. The highest BCUT2D eigenvalue weighted by Crippen LogP contribution is 2.18. The molecule has 1 saturated heterocycles. The summed E-state index contributed by atoms with van der Waals surface area (Å²) < 4.78 is 36.4. The van der Waals surface area contributed by atoms with E-state index in [1.807, 2.05) is 0 Å². The van der Waals surface area contributed by atoms with Crippen LogP contribution in [0.2, 0.25) is 0 Å². The van der Waals surface area contributed by atoms with Crippen molar-refractivity contribution in [2.24, 2.45) is 0 Å². The maximum absolute atomic E-state index is 12.6. The molecule has 3 N–H and O–H groups in total. The van der Waals surface area contributed by atoms with Crippen molar-refractivity contribution < 1.29 is 27.5 Å². The van der Waals surface area contributed by atoms with Gasteiger partial charge in [0.2, 0.25) is 15.9 Å². The summed E-state index contributed by atoms with van der Waals surface area (Å²) in [6.45, 7) is 3.31. The first kappa shape index (κ1) is 23.0. The number of nitrogens with one attached hydrogen (secondary N) is 3. The van der Waals surface area contributed by atoms with E-state index in [4.69, 9.17) is 17.0 Å². The molecule has 0 spiro atoms. The van der Waals surface area contributed by atoms with Crippen LogP contribution in [0.5, 0.6) is 0 Å². The molecule has 1 aliphatic rings. The molecule has 0 radical (unpaired) electrons. The molecule has 1 heterocycles. The summed E-state index contributed by atoms with van der Waals surface area (Å²) in [5, 5.41) is 2.36. The SMILES string of the molecule is CCOC(=O)NNC(=S)NC(=O)CCc1ccc(S(=O)(=O)N2CCOCC2)cc1. The Morgan fingerprint density at radius 1 is 1.17 bits per heavy atom. The third kappa shape index (κ3) is 7.24. The molecule has 1 aromatic rings. The van der Waals surface area contributed by atoms with Crippen molar-refractivity contribution in [1.82, 2.24) is 20.5 Å². The van der Waals surface area contributed by atoms with Crippen LogP contribution in [0.25, 0.3) is 0 Å². The molecule has 0 aromatic heterocycles. The first-order valence-corrected chi connectivity index (χ1v) is 10.9. The van der Waals surface area contributed by atoms with E-state index < -0.39 is 16.1 Å². The molecule has 1 aliphatic heterocycles. The van der Waals surface area contributed by atoms with E-state index in [0.717, 1.165) is 5.56 Å². The monoisotopic (exact) mass is 444 g/mol. The van der Waals surface area contributed by atoms with Crippen molar-refractivity contribution in [2.45, 2.75) is 24.7 Å². The number of hydrogen-bond acceptors (Lipinski definition) is 7. The quantitative estimate of drug-likeness (QED) is 0.422. The molecule has 0 saturated carbocycles. The van der Waals surface area contributed by atoms with Crippen LogP contribution in [0, 0.1) is 0 Å². The predicted molar refractivity (Wildman–Crippen MR) is 108 cm³/mol. The van der Waals surface area contributed by atoms with Crippen LogP contribution in [0.4, 0.5) is 4.79 Å². The lowest BCUT2D eigenvalue weighted by Crippen LogP contribution is -2.48. The molecular weight excluding hydrogens is 420 g/mol. The maximum atomic E-state index is 12.6. The zero-order valence-corrected chi connectivity index (χ0v) is 17.6. The van der Waals surface area contributed by atoms with Gasteiger partial charge in [0.05, 0.1) is 24.7 Å². The second-order valence-electron chi connectivity index (χ2n) is 6.01. The summed E-state index contributed by atoms with van der Waals surface area (Å²) in [5.74, 6) is -0.349. The topological polar surface area (TPSA) is 126 Å². The molecule has 2 amide bonds. The number of carbonyl (C=O) groups excluding carboxylic acids is 2. The van der Waals surface area contributed by atoms with E-state index in [1.165, 1.54) is 16.4 Å². The van der Waals surface area contributed by atoms with Gasteiger partial charge in [0.25, 0.3) is 0 Å². The number of rotatable bonds is 6. The lowest BCUT2D eigenvalue weighted by Gasteiger charge is -2.26.